The number of hydrogen-bond acceptors (Lipinski definition) is 8. The van der Waals surface area contributed by atoms with Crippen molar-refractivity contribution >= 4 is 11.9 Å². The zero-order valence-electron chi connectivity index (χ0n) is 25.7. The van der Waals surface area contributed by atoms with Gasteiger partial charge in [0.25, 0.3) is 0 Å². The lowest BCUT2D eigenvalue weighted by molar-refractivity contribution is -0.303. The Balaban J connectivity index is 1.43. The number of nitrogens with one attached hydrogen (secondary N) is 1. The van der Waals surface area contributed by atoms with Crippen molar-refractivity contribution in [2.24, 2.45) is 46.3 Å². The second-order valence-electron chi connectivity index (χ2n) is 14.9. The molecular weight excluding hydrogens is 542 g/mol. The zero-order valence-corrected chi connectivity index (χ0v) is 25.7. The van der Waals surface area contributed by atoms with Crippen LogP contribution in [0.2, 0.25) is 0 Å². The summed E-state index contributed by atoms with van der Waals surface area (Å²) in [4.78, 5) is 23.4. The highest BCUT2D eigenvalue weighted by Crippen LogP contribution is 2.68. The fourth-order valence-electron chi connectivity index (χ4n) is 10.7. The number of carbonyl (C=O) groups excluding carboxylic acids is 1. The van der Waals surface area contributed by atoms with Crippen LogP contribution in [-0.2, 0) is 19.1 Å². The van der Waals surface area contributed by atoms with Gasteiger partial charge in [-0.1, -0.05) is 20.8 Å². The number of carboxylic acids is 1. The van der Waals surface area contributed by atoms with E-state index in [-0.39, 0.29) is 35.2 Å². The molecule has 0 spiro atoms. The van der Waals surface area contributed by atoms with Crippen molar-refractivity contribution in [1.29, 1.82) is 0 Å². The molecule has 0 bridgehead atoms. The van der Waals surface area contributed by atoms with Gasteiger partial charge < -0.3 is 40.3 Å². The van der Waals surface area contributed by atoms with Gasteiger partial charge in [0.1, 0.15) is 24.4 Å². The highest BCUT2D eigenvalue weighted by Gasteiger charge is 2.63. The van der Waals surface area contributed by atoms with E-state index in [1.165, 1.54) is 6.92 Å². The molecule has 240 valence electrons. The predicted molar refractivity (Wildman–Crippen MR) is 153 cm³/mol. The molecule has 0 aromatic rings. The van der Waals surface area contributed by atoms with Gasteiger partial charge in [-0.25, -0.2) is 0 Å². The topological polar surface area (TPSA) is 166 Å². The van der Waals surface area contributed by atoms with E-state index < -0.39 is 49.3 Å². The molecule has 1 heterocycles. The quantitative estimate of drug-likeness (QED) is 0.231. The lowest BCUT2D eigenvalue weighted by atomic mass is 9.43. The predicted octanol–water partition coefficient (Wildman–Crippen LogP) is 2.45. The SMILES string of the molecule is CC(=O)N[C@H]1[C@H](O[C@H]2C[C@@H]3[C@H](CC[C@]4(C)[C@@H]([C@H](C)CCC(=O)O)CC[C@@H]34)[C@@]3(C)CC[C@@H](O)C[C@@H]23)O[C@H](CO)[C@@H](O)[C@@H]1O. The van der Waals surface area contributed by atoms with Gasteiger partial charge in [0.05, 0.1) is 18.8 Å². The largest absolute Gasteiger partial charge is 0.481 e. The Morgan fingerprint density at radius 2 is 1.67 bits per heavy atom. The minimum Gasteiger partial charge on any atom is -0.481 e. The lowest BCUT2D eigenvalue weighted by Crippen LogP contribution is -2.66. The molecule has 0 unspecified atom stereocenters. The number of carboxylic acid groups (broad SMARTS) is 1. The molecule has 0 aromatic heterocycles. The average Bonchev–Trinajstić information content (AvgIpc) is 3.29. The maximum Gasteiger partial charge on any atom is 0.303 e. The minimum atomic E-state index is -1.37. The number of carbonyl (C=O) groups is 2. The van der Waals surface area contributed by atoms with E-state index in [1.807, 2.05) is 0 Å². The van der Waals surface area contributed by atoms with Crippen LogP contribution >= 0.6 is 0 Å². The summed E-state index contributed by atoms with van der Waals surface area (Å²) in [5.74, 6) is 1.15. The number of fused-ring (bicyclic) bond motifs is 5. The van der Waals surface area contributed by atoms with Crippen molar-refractivity contribution < 1.29 is 44.6 Å². The molecule has 15 atom stereocenters. The lowest BCUT2D eigenvalue weighted by Gasteiger charge is -2.63. The summed E-state index contributed by atoms with van der Waals surface area (Å²) >= 11 is 0. The molecule has 5 rings (SSSR count). The Bertz CT molecular complexity index is 995. The van der Waals surface area contributed by atoms with Crippen LogP contribution in [0.5, 0.6) is 0 Å². The van der Waals surface area contributed by atoms with E-state index in [0.29, 0.717) is 42.4 Å². The molecular formula is C32H53NO9. The summed E-state index contributed by atoms with van der Waals surface area (Å²) in [6, 6.07) is -1.000. The molecule has 4 aliphatic carbocycles. The maximum absolute atomic E-state index is 12.1. The highest BCUT2D eigenvalue weighted by molar-refractivity contribution is 5.73. The van der Waals surface area contributed by atoms with Crippen molar-refractivity contribution in [2.75, 3.05) is 6.61 Å². The third-order valence-electron chi connectivity index (χ3n) is 12.8. The summed E-state index contributed by atoms with van der Waals surface area (Å²) in [5, 5.41) is 54.1. The maximum atomic E-state index is 12.1. The monoisotopic (exact) mass is 595 g/mol. The molecule has 5 fully saturated rings. The van der Waals surface area contributed by atoms with Gasteiger partial charge in [-0.05, 0) is 104 Å². The standard InChI is InChI=1S/C32H53NO9/c1-16(5-8-26(37)38)20-6-7-21-19-14-24(41-30-27(33-17(2)35)29(40)28(39)25(15-34)42-30)23-13-18(36)9-11-32(23,4)22(19)10-12-31(20,21)3/h16,18-25,27-30,34,36,39-40H,5-15H2,1-4H3,(H,33,35)(H,37,38)/t16-,18-,19+,20-,21+,22+,23+,24+,25-,27-,28-,29-,30-,31-,32-/m1/s1. The van der Waals surface area contributed by atoms with Crippen LogP contribution in [0.25, 0.3) is 0 Å². The normalized spacial score (nSPS) is 49.3. The van der Waals surface area contributed by atoms with Crippen molar-refractivity contribution in [3.8, 4) is 0 Å². The van der Waals surface area contributed by atoms with Gasteiger partial charge >= 0.3 is 5.97 Å². The Morgan fingerprint density at radius 3 is 2.33 bits per heavy atom. The molecule has 5 aliphatic rings. The number of ether oxygens (including phenoxy) is 2. The molecule has 1 amide bonds. The number of amides is 1. The van der Waals surface area contributed by atoms with Crippen molar-refractivity contribution in [3.05, 3.63) is 0 Å². The molecule has 10 nitrogen and oxygen atoms in total. The smallest absolute Gasteiger partial charge is 0.303 e. The molecule has 0 aromatic carbocycles. The molecule has 6 N–H and O–H groups in total. The summed E-state index contributed by atoms with van der Waals surface area (Å²) in [6.07, 6.45) is 2.87. The van der Waals surface area contributed by atoms with Crippen molar-refractivity contribution in [2.45, 2.75) is 135 Å². The summed E-state index contributed by atoms with van der Waals surface area (Å²) in [7, 11) is 0. The Hall–Kier alpha value is -1.30. The number of aliphatic hydroxyl groups is 4. The molecule has 42 heavy (non-hydrogen) atoms. The fraction of sp³-hybridized carbons (Fsp3) is 0.938. The summed E-state index contributed by atoms with van der Waals surface area (Å²) in [6.45, 7) is 7.86. The zero-order chi connectivity index (χ0) is 30.6. The molecule has 1 saturated heterocycles. The van der Waals surface area contributed by atoms with Gasteiger partial charge in [0.15, 0.2) is 6.29 Å². The van der Waals surface area contributed by atoms with Gasteiger partial charge in [-0.2, -0.15) is 0 Å². The van der Waals surface area contributed by atoms with Crippen LogP contribution in [0.4, 0.5) is 0 Å². The van der Waals surface area contributed by atoms with E-state index >= 15 is 0 Å². The van der Waals surface area contributed by atoms with E-state index in [9.17, 15) is 35.1 Å². The second-order valence-corrected chi connectivity index (χ2v) is 14.9. The highest BCUT2D eigenvalue weighted by atomic mass is 16.7. The first-order chi connectivity index (χ1) is 19.8. The first-order valence-electron chi connectivity index (χ1n) is 16.2. The van der Waals surface area contributed by atoms with Crippen LogP contribution in [0.15, 0.2) is 0 Å². The Labute approximate surface area is 249 Å². The molecule has 0 radical (unpaired) electrons. The third kappa shape index (κ3) is 5.65. The van der Waals surface area contributed by atoms with Crippen LogP contribution in [-0.4, -0.2) is 86.9 Å². The fourth-order valence-corrected chi connectivity index (χ4v) is 10.7. The van der Waals surface area contributed by atoms with Crippen LogP contribution in [0.1, 0.15) is 91.9 Å². The third-order valence-corrected chi connectivity index (χ3v) is 12.8. The Kier molecular flexibility index (Phi) is 9.36. The Morgan fingerprint density at radius 1 is 0.976 bits per heavy atom. The van der Waals surface area contributed by atoms with Gasteiger partial charge in [0.2, 0.25) is 5.91 Å². The van der Waals surface area contributed by atoms with Gasteiger partial charge in [0, 0.05) is 13.3 Å². The van der Waals surface area contributed by atoms with Crippen LogP contribution in [0, 0.1) is 46.3 Å². The van der Waals surface area contributed by atoms with Crippen LogP contribution in [0.3, 0.4) is 0 Å². The minimum absolute atomic E-state index is 0.0478. The first-order valence-corrected chi connectivity index (χ1v) is 16.2. The second kappa shape index (κ2) is 12.2. The van der Waals surface area contributed by atoms with E-state index in [2.05, 4.69) is 26.1 Å². The number of aliphatic carboxylic acids is 1. The molecule has 10 heteroatoms. The van der Waals surface area contributed by atoms with Crippen LogP contribution < -0.4 is 5.32 Å². The molecule has 1 aliphatic heterocycles. The number of hydrogen-bond donors (Lipinski definition) is 6. The first kappa shape index (κ1) is 32.1. The van der Waals surface area contributed by atoms with E-state index in [1.54, 1.807) is 0 Å². The van der Waals surface area contributed by atoms with Gasteiger partial charge in [-0.15, -0.1) is 0 Å². The summed E-state index contributed by atoms with van der Waals surface area (Å²) < 4.78 is 12.8. The number of aliphatic hydroxyl groups excluding tert-OH is 4. The number of rotatable bonds is 8. The van der Waals surface area contributed by atoms with Gasteiger partial charge in [-0.3, -0.25) is 9.59 Å². The van der Waals surface area contributed by atoms with Crippen molar-refractivity contribution in [3.63, 3.8) is 0 Å². The van der Waals surface area contributed by atoms with Crippen molar-refractivity contribution in [1.82, 2.24) is 5.32 Å². The molecule has 4 saturated carbocycles. The van der Waals surface area contributed by atoms with E-state index in [4.69, 9.17) is 9.47 Å². The van der Waals surface area contributed by atoms with E-state index in [0.717, 1.165) is 44.9 Å². The summed E-state index contributed by atoms with van der Waals surface area (Å²) in [5.41, 5.74) is 0.0805. The average molecular weight is 596 g/mol.